The van der Waals surface area contributed by atoms with Gasteiger partial charge in [-0.3, -0.25) is 0 Å². The summed E-state index contributed by atoms with van der Waals surface area (Å²) in [5.41, 5.74) is 0. The maximum Gasteiger partial charge on any atom is 0.0189 e. The Morgan fingerprint density at radius 1 is 1.20 bits per heavy atom. The third-order valence-corrected chi connectivity index (χ3v) is 3.26. The van der Waals surface area contributed by atoms with Gasteiger partial charge in [0.25, 0.3) is 0 Å². The second-order valence-electron chi connectivity index (χ2n) is 5.57. The predicted octanol–water partition coefficient (Wildman–Crippen LogP) is 3.00. The second kappa shape index (κ2) is 5.86. The van der Waals surface area contributed by atoms with E-state index in [1.807, 2.05) is 0 Å². The molecular weight excluding hydrogens is 184 g/mol. The molecule has 2 unspecified atom stereocenters. The van der Waals surface area contributed by atoms with E-state index < -0.39 is 0 Å². The quantitative estimate of drug-likeness (QED) is 0.707. The van der Waals surface area contributed by atoms with Crippen molar-refractivity contribution >= 4 is 0 Å². The maximum absolute atomic E-state index is 2.59. The molecule has 0 aromatic carbocycles. The Morgan fingerprint density at radius 3 is 2.13 bits per heavy atom. The lowest BCUT2D eigenvalue weighted by atomic mass is 9.93. The van der Waals surface area contributed by atoms with E-state index >= 15 is 0 Å². The van der Waals surface area contributed by atoms with Gasteiger partial charge < -0.3 is 0 Å². The molecule has 0 aromatic heterocycles. The van der Waals surface area contributed by atoms with Gasteiger partial charge in [-0.1, -0.05) is 20.8 Å². The number of nitrogens with zero attached hydrogens (tertiary/aromatic N) is 2. The minimum Gasteiger partial charge on any atom is -0.241 e. The van der Waals surface area contributed by atoms with Gasteiger partial charge in [0.2, 0.25) is 0 Å². The average molecular weight is 212 g/mol. The standard InChI is InChI=1S/C13H28N2/c1-6-7-15(11(2)3)14-9-12(4)8-13(5)10-14/h11-13H,6-10H2,1-5H3. The van der Waals surface area contributed by atoms with Gasteiger partial charge in [0.1, 0.15) is 0 Å². The number of hydrazine groups is 1. The van der Waals surface area contributed by atoms with E-state index in [4.69, 9.17) is 0 Å². The van der Waals surface area contributed by atoms with E-state index in [0.29, 0.717) is 6.04 Å². The SMILES string of the molecule is CCCN(C(C)C)N1CC(C)CC(C)C1. The summed E-state index contributed by atoms with van der Waals surface area (Å²) < 4.78 is 0. The molecule has 0 saturated carbocycles. The number of rotatable bonds is 4. The zero-order valence-electron chi connectivity index (χ0n) is 11.2. The summed E-state index contributed by atoms with van der Waals surface area (Å²) in [5, 5.41) is 5.15. The fraction of sp³-hybridized carbons (Fsp3) is 1.00. The highest BCUT2D eigenvalue weighted by Crippen LogP contribution is 2.23. The predicted molar refractivity (Wildman–Crippen MR) is 66.7 cm³/mol. The van der Waals surface area contributed by atoms with E-state index in [1.165, 1.54) is 32.5 Å². The summed E-state index contributed by atoms with van der Waals surface area (Å²) in [6.07, 6.45) is 2.64. The molecule has 0 bridgehead atoms. The van der Waals surface area contributed by atoms with Crippen LogP contribution in [0.5, 0.6) is 0 Å². The first-order chi connectivity index (χ1) is 7.04. The Balaban J connectivity index is 2.57. The third kappa shape index (κ3) is 3.76. The van der Waals surface area contributed by atoms with Crippen LogP contribution in [0.4, 0.5) is 0 Å². The lowest BCUT2D eigenvalue weighted by Crippen LogP contribution is -2.52. The van der Waals surface area contributed by atoms with Crippen LogP contribution in [-0.2, 0) is 0 Å². The molecule has 1 aliphatic rings. The van der Waals surface area contributed by atoms with Crippen LogP contribution in [0, 0.1) is 11.8 Å². The Kier molecular flexibility index (Phi) is 5.07. The number of hydrogen-bond acceptors (Lipinski definition) is 2. The molecule has 1 fully saturated rings. The zero-order valence-corrected chi connectivity index (χ0v) is 11.2. The summed E-state index contributed by atoms with van der Waals surface area (Å²) in [7, 11) is 0. The molecule has 0 radical (unpaired) electrons. The Bertz CT molecular complexity index is 169. The summed E-state index contributed by atoms with van der Waals surface area (Å²) in [6, 6.07) is 0.641. The van der Waals surface area contributed by atoms with Gasteiger partial charge in [-0.05, 0) is 38.5 Å². The normalized spacial score (nSPS) is 29.0. The summed E-state index contributed by atoms with van der Waals surface area (Å²) in [6.45, 7) is 15.4. The molecular formula is C13H28N2. The van der Waals surface area contributed by atoms with Crippen molar-refractivity contribution in [1.29, 1.82) is 0 Å². The minimum absolute atomic E-state index is 0.641. The highest BCUT2D eigenvalue weighted by atomic mass is 15.6. The van der Waals surface area contributed by atoms with Crippen LogP contribution in [0.15, 0.2) is 0 Å². The topological polar surface area (TPSA) is 6.48 Å². The number of hydrogen-bond donors (Lipinski definition) is 0. The molecule has 1 heterocycles. The largest absolute Gasteiger partial charge is 0.241 e. The zero-order chi connectivity index (χ0) is 11.4. The monoisotopic (exact) mass is 212 g/mol. The molecule has 0 aliphatic carbocycles. The van der Waals surface area contributed by atoms with E-state index in [-0.39, 0.29) is 0 Å². The smallest absolute Gasteiger partial charge is 0.0189 e. The van der Waals surface area contributed by atoms with Crippen molar-refractivity contribution < 1.29 is 0 Å². The average Bonchev–Trinajstić information content (AvgIpc) is 2.11. The van der Waals surface area contributed by atoms with E-state index in [1.54, 1.807) is 0 Å². The van der Waals surface area contributed by atoms with Gasteiger partial charge in [0.05, 0.1) is 0 Å². The van der Waals surface area contributed by atoms with Gasteiger partial charge in [-0.15, -0.1) is 0 Å². The molecule has 0 spiro atoms. The van der Waals surface area contributed by atoms with Crippen molar-refractivity contribution in [3.63, 3.8) is 0 Å². The molecule has 0 N–H and O–H groups in total. The van der Waals surface area contributed by atoms with E-state index in [9.17, 15) is 0 Å². The van der Waals surface area contributed by atoms with E-state index in [0.717, 1.165) is 11.8 Å². The summed E-state index contributed by atoms with van der Waals surface area (Å²) in [4.78, 5) is 0. The lowest BCUT2D eigenvalue weighted by Gasteiger charge is -2.44. The van der Waals surface area contributed by atoms with Gasteiger partial charge in [0, 0.05) is 25.7 Å². The van der Waals surface area contributed by atoms with Gasteiger partial charge in [0.15, 0.2) is 0 Å². The van der Waals surface area contributed by atoms with Crippen LogP contribution < -0.4 is 0 Å². The van der Waals surface area contributed by atoms with Crippen LogP contribution in [0.3, 0.4) is 0 Å². The molecule has 2 atom stereocenters. The van der Waals surface area contributed by atoms with E-state index in [2.05, 4.69) is 44.6 Å². The van der Waals surface area contributed by atoms with Crippen LogP contribution in [-0.4, -0.2) is 35.7 Å². The fourth-order valence-electron chi connectivity index (χ4n) is 2.80. The van der Waals surface area contributed by atoms with Gasteiger partial charge in [-0.2, -0.15) is 0 Å². The molecule has 15 heavy (non-hydrogen) atoms. The van der Waals surface area contributed by atoms with Crippen molar-refractivity contribution in [2.75, 3.05) is 19.6 Å². The first-order valence-corrected chi connectivity index (χ1v) is 6.56. The molecule has 1 aliphatic heterocycles. The Hall–Kier alpha value is -0.0800. The van der Waals surface area contributed by atoms with Crippen molar-refractivity contribution in [1.82, 2.24) is 10.0 Å². The molecule has 1 rings (SSSR count). The number of piperidine rings is 1. The molecule has 1 saturated heterocycles. The molecule has 0 aromatic rings. The molecule has 90 valence electrons. The molecule has 2 nitrogen and oxygen atoms in total. The van der Waals surface area contributed by atoms with Crippen LogP contribution in [0.2, 0.25) is 0 Å². The first-order valence-electron chi connectivity index (χ1n) is 6.56. The van der Waals surface area contributed by atoms with Crippen LogP contribution >= 0.6 is 0 Å². The Morgan fingerprint density at radius 2 is 1.73 bits per heavy atom. The van der Waals surface area contributed by atoms with Crippen molar-refractivity contribution in [3.8, 4) is 0 Å². The van der Waals surface area contributed by atoms with Gasteiger partial charge in [-0.25, -0.2) is 10.0 Å². The Labute approximate surface area is 95.6 Å². The summed E-state index contributed by atoms with van der Waals surface area (Å²) in [5.74, 6) is 1.71. The third-order valence-electron chi connectivity index (χ3n) is 3.26. The minimum atomic E-state index is 0.641. The van der Waals surface area contributed by atoms with Crippen LogP contribution in [0.25, 0.3) is 0 Å². The second-order valence-corrected chi connectivity index (χ2v) is 5.57. The molecule has 0 amide bonds. The molecule has 2 heteroatoms. The lowest BCUT2D eigenvalue weighted by molar-refractivity contribution is -0.0876. The van der Waals surface area contributed by atoms with Crippen LogP contribution in [0.1, 0.15) is 47.5 Å². The van der Waals surface area contributed by atoms with Crippen molar-refractivity contribution in [2.45, 2.75) is 53.5 Å². The highest BCUT2D eigenvalue weighted by molar-refractivity contribution is 4.75. The van der Waals surface area contributed by atoms with Crippen molar-refractivity contribution in [2.24, 2.45) is 11.8 Å². The summed E-state index contributed by atoms with van der Waals surface area (Å²) >= 11 is 0. The maximum atomic E-state index is 2.59. The first kappa shape index (κ1) is 13.0. The van der Waals surface area contributed by atoms with Gasteiger partial charge >= 0.3 is 0 Å². The highest BCUT2D eigenvalue weighted by Gasteiger charge is 2.26. The fourth-order valence-corrected chi connectivity index (χ4v) is 2.80. The van der Waals surface area contributed by atoms with Crippen molar-refractivity contribution in [3.05, 3.63) is 0 Å².